The maximum atomic E-state index is 11.3. The van der Waals surface area contributed by atoms with Gasteiger partial charge in [-0.25, -0.2) is 0 Å². The van der Waals surface area contributed by atoms with Crippen LogP contribution in [0.25, 0.3) is 0 Å². The van der Waals surface area contributed by atoms with Gasteiger partial charge in [-0.1, -0.05) is 0 Å². The molecule has 1 aliphatic rings. The molecule has 0 aliphatic carbocycles. The van der Waals surface area contributed by atoms with Crippen LogP contribution in [-0.2, 0) is 9.53 Å². The molecule has 80 valence electrons. The number of hydrogen-bond acceptors (Lipinski definition) is 3. The first kappa shape index (κ1) is 11.4. The summed E-state index contributed by atoms with van der Waals surface area (Å²) in [6.07, 6.45) is 5.19. The number of amides is 1. The van der Waals surface area contributed by atoms with Crippen LogP contribution in [0.2, 0.25) is 0 Å². The maximum absolute atomic E-state index is 11.3. The van der Waals surface area contributed by atoms with Crippen LogP contribution in [-0.4, -0.2) is 30.1 Å². The highest BCUT2D eigenvalue weighted by molar-refractivity contribution is 7.99. The summed E-state index contributed by atoms with van der Waals surface area (Å²) >= 11 is 1.90. The SMILES string of the molecule is CCO/C=C/C(=O)NC1CCCSC1. The zero-order valence-corrected chi connectivity index (χ0v) is 9.31. The second-order valence-corrected chi connectivity index (χ2v) is 4.33. The number of rotatable bonds is 4. The summed E-state index contributed by atoms with van der Waals surface area (Å²) in [6, 6.07) is 0.340. The summed E-state index contributed by atoms with van der Waals surface area (Å²) in [5.74, 6) is 2.21. The number of thioether (sulfide) groups is 1. The van der Waals surface area contributed by atoms with E-state index in [2.05, 4.69) is 5.32 Å². The lowest BCUT2D eigenvalue weighted by Crippen LogP contribution is -2.37. The lowest BCUT2D eigenvalue weighted by atomic mass is 10.2. The standard InChI is InChI=1S/C10H17NO2S/c1-2-13-6-5-10(12)11-9-4-3-7-14-8-9/h5-6,9H,2-4,7-8H2,1H3,(H,11,12)/b6-5+. The molecular formula is C10H17NO2S. The lowest BCUT2D eigenvalue weighted by molar-refractivity contribution is -0.117. The molecule has 14 heavy (non-hydrogen) atoms. The Morgan fingerprint density at radius 2 is 2.57 bits per heavy atom. The van der Waals surface area contributed by atoms with Crippen molar-refractivity contribution < 1.29 is 9.53 Å². The van der Waals surface area contributed by atoms with E-state index in [9.17, 15) is 4.79 Å². The van der Waals surface area contributed by atoms with Crippen LogP contribution < -0.4 is 5.32 Å². The Morgan fingerprint density at radius 1 is 1.71 bits per heavy atom. The van der Waals surface area contributed by atoms with Crippen molar-refractivity contribution in [2.24, 2.45) is 0 Å². The van der Waals surface area contributed by atoms with Gasteiger partial charge < -0.3 is 10.1 Å². The molecule has 1 aliphatic heterocycles. The van der Waals surface area contributed by atoms with Crippen LogP contribution in [0.4, 0.5) is 0 Å². The summed E-state index contributed by atoms with van der Waals surface area (Å²) < 4.78 is 4.95. The van der Waals surface area contributed by atoms with Crippen molar-refractivity contribution in [1.29, 1.82) is 0 Å². The summed E-state index contributed by atoms with van der Waals surface area (Å²) in [5.41, 5.74) is 0. The average molecular weight is 215 g/mol. The molecular weight excluding hydrogens is 198 g/mol. The molecule has 1 unspecified atom stereocenters. The second kappa shape index (κ2) is 6.76. The smallest absolute Gasteiger partial charge is 0.247 e. The Morgan fingerprint density at radius 3 is 3.21 bits per heavy atom. The lowest BCUT2D eigenvalue weighted by Gasteiger charge is -2.21. The van der Waals surface area contributed by atoms with E-state index in [1.807, 2.05) is 18.7 Å². The first-order valence-electron chi connectivity index (χ1n) is 4.99. The van der Waals surface area contributed by atoms with Crippen molar-refractivity contribution in [3.8, 4) is 0 Å². The monoisotopic (exact) mass is 215 g/mol. The third-order valence-electron chi connectivity index (χ3n) is 1.99. The van der Waals surface area contributed by atoms with E-state index >= 15 is 0 Å². The van der Waals surface area contributed by atoms with Gasteiger partial charge in [0.1, 0.15) is 0 Å². The van der Waals surface area contributed by atoms with E-state index in [1.54, 1.807) is 0 Å². The molecule has 1 heterocycles. The first-order valence-corrected chi connectivity index (χ1v) is 6.14. The van der Waals surface area contributed by atoms with Crippen molar-refractivity contribution in [3.63, 3.8) is 0 Å². The number of nitrogens with one attached hydrogen (secondary N) is 1. The second-order valence-electron chi connectivity index (χ2n) is 3.18. The Bertz CT molecular complexity index is 200. The van der Waals surface area contributed by atoms with E-state index in [0.717, 1.165) is 12.2 Å². The van der Waals surface area contributed by atoms with E-state index < -0.39 is 0 Å². The van der Waals surface area contributed by atoms with Crippen molar-refractivity contribution in [1.82, 2.24) is 5.32 Å². The molecule has 1 N–H and O–H groups in total. The van der Waals surface area contributed by atoms with E-state index in [-0.39, 0.29) is 5.91 Å². The average Bonchev–Trinajstić information content (AvgIpc) is 2.20. The fraction of sp³-hybridized carbons (Fsp3) is 0.700. The van der Waals surface area contributed by atoms with Gasteiger partial charge in [0.25, 0.3) is 0 Å². The van der Waals surface area contributed by atoms with Gasteiger partial charge in [0.05, 0.1) is 12.9 Å². The molecule has 0 aromatic heterocycles. The highest BCUT2D eigenvalue weighted by atomic mass is 32.2. The quantitative estimate of drug-likeness (QED) is 0.571. The molecule has 3 nitrogen and oxygen atoms in total. The fourth-order valence-electron chi connectivity index (χ4n) is 1.31. The van der Waals surface area contributed by atoms with Crippen LogP contribution >= 0.6 is 11.8 Å². The summed E-state index contributed by atoms with van der Waals surface area (Å²) in [6.45, 7) is 2.49. The Balaban J connectivity index is 2.18. The van der Waals surface area contributed by atoms with Crippen molar-refractivity contribution in [2.45, 2.75) is 25.8 Å². The molecule has 1 rings (SSSR count). The van der Waals surface area contributed by atoms with Gasteiger partial charge in [-0.2, -0.15) is 11.8 Å². The van der Waals surface area contributed by atoms with Crippen molar-refractivity contribution in [2.75, 3.05) is 18.1 Å². The van der Waals surface area contributed by atoms with Gasteiger partial charge in [0.15, 0.2) is 0 Å². The largest absolute Gasteiger partial charge is 0.501 e. The minimum absolute atomic E-state index is 0.0500. The summed E-state index contributed by atoms with van der Waals surface area (Å²) in [5, 5.41) is 2.95. The molecule has 1 atom stereocenters. The Kier molecular flexibility index (Phi) is 5.52. The third kappa shape index (κ3) is 4.56. The molecule has 0 radical (unpaired) electrons. The third-order valence-corrected chi connectivity index (χ3v) is 3.20. The minimum atomic E-state index is -0.0500. The molecule has 0 bridgehead atoms. The van der Waals surface area contributed by atoms with Crippen LogP contribution in [0.1, 0.15) is 19.8 Å². The molecule has 0 aromatic carbocycles. The topological polar surface area (TPSA) is 38.3 Å². The molecule has 0 saturated carbocycles. The maximum Gasteiger partial charge on any atom is 0.247 e. The van der Waals surface area contributed by atoms with Crippen molar-refractivity contribution >= 4 is 17.7 Å². The van der Waals surface area contributed by atoms with Crippen LogP contribution in [0.3, 0.4) is 0 Å². The predicted octanol–water partition coefficient (Wildman–Crippen LogP) is 1.55. The fourth-order valence-corrected chi connectivity index (χ4v) is 2.38. The van der Waals surface area contributed by atoms with Gasteiger partial charge >= 0.3 is 0 Å². The van der Waals surface area contributed by atoms with Crippen LogP contribution in [0.15, 0.2) is 12.3 Å². The number of hydrogen-bond donors (Lipinski definition) is 1. The zero-order valence-electron chi connectivity index (χ0n) is 8.49. The minimum Gasteiger partial charge on any atom is -0.501 e. The molecule has 1 saturated heterocycles. The summed E-state index contributed by atoms with van der Waals surface area (Å²) in [4.78, 5) is 11.3. The molecule has 0 aromatic rings. The Hall–Kier alpha value is -0.640. The highest BCUT2D eigenvalue weighted by Gasteiger charge is 2.14. The van der Waals surface area contributed by atoms with Crippen LogP contribution in [0, 0.1) is 0 Å². The number of carbonyl (C=O) groups excluding carboxylic acids is 1. The van der Waals surface area contributed by atoms with E-state index in [1.165, 1.54) is 24.5 Å². The van der Waals surface area contributed by atoms with Gasteiger partial charge in [0.2, 0.25) is 5.91 Å². The van der Waals surface area contributed by atoms with E-state index in [4.69, 9.17) is 4.74 Å². The predicted molar refractivity (Wildman–Crippen MR) is 59.3 cm³/mol. The van der Waals surface area contributed by atoms with Gasteiger partial charge in [-0.15, -0.1) is 0 Å². The number of ether oxygens (including phenoxy) is 1. The molecule has 0 spiro atoms. The molecule has 1 fully saturated rings. The van der Waals surface area contributed by atoms with Gasteiger partial charge in [-0.3, -0.25) is 4.79 Å². The van der Waals surface area contributed by atoms with Crippen molar-refractivity contribution in [3.05, 3.63) is 12.3 Å². The Labute approximate surface area is 89.3 Å². The summed E-state index contributed by atoms with van der Waals surface area (Å²) in [7, 11) is 0. The highest BCUT2D eigenvalue weighted by Crippen LogP contribution is 2.16. The van der Waals surface area contributed by atoms with Gasteiger partial charge in [-0.05, 0) is 25.5 Å². The number of carbonyl (C=O) groups is 1. The first-order chi connectivity index (χ1) is 6.83. The molecule has 1 amide bonds. The normalized spacial score (nSPS) is 22.2. The van der Waals surface area contributed by atoms with Crippen LogP contribution in [0.5, 0.6) is 0 Å². The van der Waals surface area contributed by atoms with E-state index in [0.29, 0.717) is 12.6 Å². The van der Waals surface area contributed by atoms with Gasteiger partial charge in [0, 0.05) is 17.9 Å². The molecule has 4 heteroatoms. The zero-order chi connectivity index (χ0) is 10.2.